The zero-order valence-corrected chi connectivity index (χ0v) is 15.4. The van der Waals surface area contributed by atoms with Crippen LogP contribution in [0.5, 0.6) is 0 Å². The molecule has 1 aromatic carbocycles. The van der Waals surface area contributed by atoms with E-state index in [1.807, 2.05) is 17.9 Å². The highest BCUT2D eigenvalue weighted by Crippen LogP contribution is 2.29. The largest absolute Gasteiger partial charge is 0.368 e. The van der Waals surface area contributed by atoms with Gasteiger partial charge in [-0.1, -0.05) is 6.07 Å². The molecule has 1 aliphatic carbocycles. The second-order valence-electron chi connectivity index (χ2n) is 7.16. The molecule has 0 saturated carbocycles. The van der Waals surface area contributed by atoms with Crippen molar-refractivity contribution in [3.05, 3.63) is 47.3 Å². The van der Waals surface area contributed by atoms with Gasteiger partial charge in [-0.2, -0.15) is 5.10 Å². The van der Waals surface area contributed by atoms with Crippen LogP contribution >= 0.6 is 0 Å². The Morgan fingerprint density at radius 2 is 2.15 bits per heavy atom. The van der Waals surface area contributed by atoms with E-state index in [-0.39, 0.29) is 17.9 Å². The van der Waals surface area contributed by atoms with Crippen molar-refractivity contribution < 1.29 is 14.3 Å². The van der Waals surface area contributed by atoms with Crippen LogP contribution in [0.2, 0.25) is 0 Å². The summed E-state index contributed by atoms with van der Waals surface area (Å²) < 4.78 is 7.29. The van der Waals surface area contributed by atoms with Crippen molar-refractivity contribution in [1.29, 1.82) is 0 Å². The molecule has 0 bridgehead atoms. The molecule has 142 valence electrons. The van der Waals surface area contributed by atoms with Gasteiger partial charge >= 0.3 is 0 Å². The first kappa shape index (κ1) is 17.7. The monoisotopic (exact) mass is 368 g/mol. The first-order valence-corrected chi connectivity index (χ1v) is 9.46. The van der Waals surface area contributed by atoms with Crippen molar-refractivity contribution in [3.63, 3.8) is 0 Å². The van der Waals surface area contributed by atoms with Gasteiger partial charge in [0.2, 0.25) is 0 Å². The van der Waals surface area contributed by atoms with Crippen LogP contribution in [0.3, 0.4) is 0 Å². The van der Waals surface area contributed by atoms with Gasteiger partial charge in [-0.05, 0) is 50.3 Å². The maximum absolute atomic E-state index is 12.7. The second kappa shape index (κ2) is 7.52. The van der Waals surface area contributed by atoms with Crippen LogP contribution in [0.25, 0.3) is 0 Å². The molecule has 2 atom stereocenters. The lowest BCUT2D eigenvalue weighted by molar-refractivity contribution is -0.124. The summed E-state index contributed by atoms with van der Waals surface area (Å²) in [5.74, 6) is -0.303. The number of nitrogens with zero attached hydrogens (tertiary/aromatic N) is 2. The number of hydrogen-bond donors (Lipinski definition) is 2. The molecule has 7 nitrogen and oxygen atoms in total. The Hall–Kier alpha value is -2.67. The molecule has 27 heavy (non-hydrogen) atoms. The topological polar surface area (TPSA) is 85.3 Å². The fourth-order valence-electron chi connectivity index (χ4n) is 3.84. The van der Waals surface area contributed by atoms with Crippen molar-refractivity contribution in [2.45, 2.75) is 44.2 Å². The molecule has 0 radical (unpaired) electrons. The molecule has 0 spiro atoms. The molecule has 2 aromatic rings. The van der Waals surface area contributed by atoms with E-state index in [2.05, 4.69) is 15.7 Å². The van der Waals surface area contributed by atoms with Gasteiger partial charge in [-0.25, -0.2) is 0 Å². The summed E-state index contributed by atoms with van der Waals surface area (Å²) in [5.41, 5.74) is 3.41. The number of amides is 2. The molecular formula is C20H24N4O3. The van der Waals surface area contributed by atoms with Gasteiger partial charge < -0.3 is 15.4 Å². The molecule has 7 heteroatoms. The molecule has 1 aliphatic heterocycles. The van der Waals surface area contributed by atoms with Gasteiger partial charge in [0.1, 0.15) is 6.10 Å². The first-order chi connectivity index (χ1) is 13.1. The minimum absolute atomic E-state index is 0.0277. The average Bonchev–Trinajstić information content (AvgIpc) is 3.33. The fraction of sp³-hybridized carbons (Fsp3) is 0.450. The summed E-state index contributed by atoms with van der Waals surface area (Å²) in [7, 11) is 1.93. The van der Waals surface area contributed by atoms with E-state index in [9.17, 15) is 9.59 Å². The predicted octanol–water partition coefficient (Wildman–Crippen LogP) is 2.35. The molecule has 2 heterocycles. The Morgan fingerprint density at radius 3 is 2.96 bits per heavy atom. The van der Waals surface area contributed by atoms with E-state index < -0.39 is 6.10 Å². The molecule has 1 aromatic heterocycles. The van der Waals surface area contributed by atoms with E-state index in [1.165, 1.54) is 5.69 Å². The highest BCUT2D eigenvalue weighted by Gasteiger charge is 2.26. The summed E-state index contributed by atoms with van der Waals surface area (Å²) in [6, 6.07) is 6.99. The number of anilines is 1. The number of ether oxygens (including phenoxy) is 1. The van der Waals surface area contributed by atoms with Crippen LogP contribution in [-0.2, 0) is 23.0 Å². The van der Waals surface area contributed by atoms with E-state index >= 15 is 0 Å². The van der Waals surface area contributed by atoms with Crippen LogP contribution < -0.4 is 10.6 Å². The number of aryl methyl sites for hydroxylation is 1. The smallest absolute Gasteiger partial charge is 0.253 e. The number of hydrogen-bond acceptors (Lipinski definition) is 4. The highest BCUT2D eigenvalue weighted by atomic mass is 16.5. The molecular weight excluding hydrogens is 344 g/mol. The third kappa shape index (κ3) is 3.73. The van der Waals surface area contributed by atoms with E-state index in [4.69, 9.17) is 4.74 Å². The minimum Gasteiger partial charge on any atom is -0.368 e. The van der Waals surface area contributed by atoms with Crippen LogP contribution in [0.1, 0.15) is 53.3 Å². The zero-order valence-electron chi connectivity index (χ0n) is 15.4. The number of carbonyl (C=O) groups is 2. The molecule has 2 amide bonds. The number of aromatic nitrogens is 2. The summed E-state index contributed by atoms with van der Waals surface area (Å²) in [6.45, 7) is 0.623. The number of rotatable bonds is 4. The third-order valence-corrected chi connectivity index (χ3v) is 5.30. The van der Waals surface area contributed by atoms with Crippen molar-refractivity contribution in [3.8, 4) is 0 Å². The standard InChI is InChI=1S/C20H24N4O3/c1-24-17-8-3-7-16(15(17)12-21-24)23-19(25)13-5-2-6-14(11-13)22-20(26)18-9-4-10-27-18/h2,5-6,11-12,16,18H,3-4,7-10H2,1H3,(H,22,26)(H,23,25)/t16-,18-/m1/s1. The lowest BCUT2D eigenvalue weighted by Gasteiger charge is -2.24. The Labute approximate surface area is 158 Å². The van der Waals surface area contributed by atoms with E-state index in [1.54, 1.807) is 24.3 Å². The molecule has 1 fully saturated rings. The van der Waals surface area contributed by atoms with Crippen molar-refractivity contribution in [2.75, 3.05) is 11.9 Å². The minimum atomic E-state index is -0.395. The maximum Gasteiger partial charge on any atom is 0.253 e. The number of carbonyl (C=O) groups excluding carboxylic acids is 2. The summed E-state index contributed by atoms with van der Waals surface area (Å²) in [4.78, 5) is 25.0. The van der Waals surface area contributed by atoms with Gasteiger partial charge in [-0.3, -0.25) is 14.3 Å². The van der Waals surface area contributed by atoms with Crippen LogP contribution in [0, 0.1) is 0 Å². The Bertz CT molecular complexity index is 855. The number of nitrogens with one attached hydrogen (secondary N) is 2. The van der Waals surface area contributed by atoms with Crippen molar-refractivity contribution in [2.24, 2.45) is 7.05 Å². The zero-order chi connectivity index (χ0) is 18.8. The first-order valence-electron chi connectivity index (χ1n) is 9.46. The summed E-state index contributed by atoms with van der Waals surface area (Å²) in [6.07, 6.45) is 6.00. The van der Waals surface area contributed by atoms with Gasteiger partial charge in [0.15, 0.2) is 0 Å². The molecule has 2 N–H and O–H groups in total. The van der Waals surface area contributed by atoms with E-state index in [0.29, 0.717) is 17.9 Å². The SMILES string of the molecule is Cn1ncc2c1CCC[C@H]2NC(=O)c1cccc(NC(=O)[C@H]2CCCO2)c1. The second-order valence-corrected chi connectivity index (χ2v) is 7.16. The third-order valence-electron chi connectivity index (χ3n) is 5.30. The van der Waals surface area contributed by atoms with Crippen molar-refractivity contribution in [1.82, 2.24) is 15.1 Å². The maximum atomic E-state index is 12.7. The Balaban J connectivity index is 1.44. The lowest BCUT2D eigenvalue weighted by Crippen LogP contribution is -2.31. The van der Waals surface area contributed by atoms with E-state index in [0.717, 1.165) is 37.7 Å². The van der Waals surface area contributed by atoms with Crippen LogP contribution in [0.15, 0.2) is 30.5 Å². The molecule has 1 saturated heterocycles. The van der Waals surface area contributed by atoms with Gasteiger partial charge in [-0.15, -0.1) is 0 Å². The fourth-order valence-corrected chi connectivity index (χ4v) is 3.84. The Morgan fingerprint density at radius 1 is 1.26 bits per heavy atom. The van der Waals surface area contributed by atoms with Gasteiger partial charge in [0.25, 0.3) is 11.8 Å². The van der Waals surface area contributed by atoms with Crippen LogP contribution in [-0.4, -0.2) is 34.3 Å². The van der Waals surface area contributed by atoms with Gasteiger partial charge in [0.05, 0.1) is 12.2 Å². The lowest BCUT2D eigenvalue weighted by atomic mass is 9.92. The number of benzene rings is 1. The summed E-state index contributed by atoms with van der Waals surface area (Å²) in [5, 5.41) is 10.3. The average molecular weight is 368 g/mol. The quantitative estimate of drug-likeness (QED) is 0.867. The number of fused-ring (bicyclic) bond motifs is 1. The predicted molar refractivity (Wildman–Crippen MR) is 100 cm³/mol. The van der Waals surface area contributed by atoms with Gasteiger partial charge in [0, 0.05) is 36.2 Å². The molecule has 4 rings (SSSR count). The Kier molecular flexibility index (Phi) is 4.94. The molecule has 2 aliphatic rings. The van der Waals surface area contributed by atoms with Crippen molar-refractivity contribution >= 4 is 17.5 Å². The van der Waals surface area contributed by atoms with Crippen LogP contribution in [0.4, 0.5) is 5.69 Å². The summed E-state index contributed by atoms with van der Waals surface area (Å²) >= 11 is 0. The highest BCUT2D eigenvalue weighted by molar-refractivity contribution is 5.98. The normalized spacial score (nSPS) is 21.5. The molecule has 0 unspecified atom stereocenters.